The molecule has 1 rings (SSSR count). The summed E-state index contributed by atoms with van der Waals surface area (Å²) in [6.45, 7) is 6.02. The summed E-state index contributed by atoms with van der Waals surface area (Å²) in [4.78, 5) is 14.7. The number of hydrogen-bond acceptors (Lipinski definition) is 3. The minimum absolute atomic E-state index is 0.700. The summed E-state index contributed by atoms with van der Waals surface area (Å²) in [5, 5.41) is 18.4. The molecule has 0 aliphatic rings. The summed E-state index contributed by atoms with van der Waals surface area (Å²) >= 11 is 0. The normalized spacial score (nSPS) is 13.9. The second-order valence-corrected chi connectivity index (χ2v) is 4.03. The number of carbonyl (C=O) groups is 1. The zero-order chi connectivity index (χ0) is 11.6. The zero-order valence-corrected chi connectivity index (χ0v) is 9.14. The fourth-order valence-corrected chi connectivity index (χ4v) is 1.56. The fourth-order valence-electron chi connectivity index (χ4n) is 1.56. The van der Waals surface area contributed by atoms with E-state index in [2.05, 4.69) is 4.98 Å². The maximum Gasteiger partial charge on any atom is 0.333 e. The van der Waals surface area contributed by atoms with Gasteiger partial charge in [-0.1, -0.05) is 13.8 Å². The highest BCUT2D eigenvalue weighted by molar-refractivity contribution is 5.74. The topological polar surface area (TPSA) is 75.3 Å². The molecule has 0 radical (unpaired) electrons. The molecule has 0 saturated carbocycles. The van der Waals surface area contributed by atoms with E-state index in [-0.39, 0.29) is 0 Å². The van der Waals surface area contributed by atoms with Crippen LogP contribution in [0.4, 0.5) is 0 Å². The van der Waals surface area contributed by atoms with E-state index in [1.807, 2.05) is 11.5 Å². The molecular weight excluding hydrogens is 196 g/mol. The van der Waals surface area contributed by atoms with Crippen molar-refractivity contribution in [2.24, 2.45) is 0 Å². The van der Waals surface area contributed by atoms with Crippen LogP contribution in [0.5, 0.6) is 0 Å². The molecular formula is C10H16N2O3. The number of aliphatic carboxylic acids is 1. The van der Waals surface area contributed by atoms with Gasteiger partial charge in [0.15, 0.2) is 6.10 Å². The Hall–Kier alpha value is -1.36. The van der Waals surface area contributed by atoms with Crippen LogP contribution >= 0.6 is 0 Å². The highest BCUT2D eigenvalue weighted by Gasteiger charge is 2.37. The van der Waals surface area contributed by atoms with Crippen LogP contribution in [-0.4, -0.2) is 31.8 Å². The van der Waals surface area contributed by atoms with Crippen LogP contribution in [0.2, 0.25) is 0 Å². The predicted molar refractivity (Wildman–Crippen MR) is 54.6 cm³/mol. The van der Waals surface area contributed by atoms with Gasteiger partial charge in [-0.25, -0.2) is 9.78 Å². The van der Waals surface area contributed by atoms with Crippen LogP contribution in [0, 0.1) is 0 Å². The molecule has 15 heavy (non-hydrogen) atoms. The van der Waals surface area contributed by atoms with Crippen molar-refractivity contribution in [3.05, 3.63) is 18.2 Å². The van der Waals surface area contributed by atoms with Gasteiger partial charge in [0.05, 0.1) is 6.33 Å². The van der Waals surface area contributed by atoms with Gasteiger partial charge in [-0.2, -0.15) is 0 Å². The number of rotatable bonds is 4. The number of imidazole rings is 1. The molecule has 5 nitrogen and oxygen atoms in total. The van der Waals surface area contributed by atoms with E-state index in [0.717, 1.165) is 5.69 Å². The number of aliphatic hydroxyl groups excluding tert-OH is 1. The van der Waals surface area contributed by atoms with E-state index in [1.165, 1.54) is 0 Å². The lowest BCUT2D eigenvalue weighted by Crippen LogP contribution is -2.41. The molecule has 0 saturated heterocycles. The zero-order valence-electron chi connectivity index (χ0n) is 9.14. The summed E-state index contributed by atoms with van der Waals surface area (Å²) in [5.74, 6) is -1.22. The first-order valence-corrected chi connectivity index (χ1v) is 4.82. The Labute approximate surface area is 88.4 Å². The van der Waals surface area contributed by atoms with Gasteiger partial charge in [0.1, 0.15) is 0 Å². The Kier molecular flexibility index (Phi) is 3.14. The Morgan fingerprint density at radius 3 is 2.73 bits per heavy atom. The average Bonchev–Trinajstić information content (AvgIpc) is 2.64. The van der Waals surface area contributed by atoms with Crippen LogP contribution < -0.4 is 0 Å². The third-order valence-corrected chi connectivity index (χ3v) is 2.63. The first-order valence-electron chi connectivity index (χ1n) is 4.82. The van der Waals surface area contributed by atoms with Crippen LogP contribution in [0.3, 0.4) is 0 Å². The standard InChI is InChI=1S/C10H16N2O3/c1-4-12-6-11-5-7(12)10(2,3)8(13)9(14)15/h5-6,8,13H,4H2,1-3H3,(H,14,15). The first kappa shape index (κ1) is 11.7. The largest absolute Gasteiger partial charge is 0.479 e. The molecule has 1 aromatic heterocycles. The number of aryl methyl sites for hydroxylation is 1. The van der Waals surface area contributed by atoms with E-state index in [0.29, 0.717) is 6.54 Å². The van der Waals surface area contributed by atoms with E-state index in [1.54, 1.807) is 26.4 Å². The number of hydrogen-bond donors (Lipinski definition) is 2. The van der Waals surface area contributed by atoms with E-state index in [4.69, 9.17) is 5.11 Å². The summed E-state index contributed by atoms with van der Waals surface area (Å²) < 4.78 is 1.83. The highest BCUT2D eigenvalue weighted by atomic mass is 16.4. The van der Waals surface area contributed by atoms with Gasteiger partial charge >= 0.3 is 5.97 Å². The van der Waals surface area contributed by atoms with Crippen molar-refractivity contribution in [2.75, 3.05) is 0 Å². The molecule has 2 N–H and O–H groups in total. The summed E-state index contributed by atoms with van der Waals surface area (Å²) in [7, 11) is 0. The second-order valence-electron chi connectivity index (χ2n) is 4.03. The molecule has 5 heteroatoms. The van der Waals surface area contributed by atoms with Gasteiger partial charge in [-0.05, 0) is 6.92 Å². The number of aliphatic hydroxyl groups is 1. The Morgan fingerprint density at radius 1 is 1.67 bits per heavy atom. The number of carboxylic acids is 1. The number of aromatic nitrogens is 2. The summed E-state index contributed by atoms with van der Waals surface area (Å²) in [6, 6.07) is 0. The van der Waals surface area contributed by atoms with Gasteiger partial charge in [-0.15, -0.1) is 0 Å². The third-order valence-electron chi connectivity index (χ3n) is 2.63. The van der Waals surface area contributed by atoms with Crippen molar-refractivity contribution in [1.82, 2.24) is 9.55 Å². The van der Waals surface area contributed by atoms with E-state index < -0.39 is 17.5 Å². The lowest BCUT2D eigenvalue weighted by molar-refractivity contribution is -0.150. The molecule has 84 valence electrons. The first-order chi connectivity index (χ1) is 6.91. The summed E-state index contributed by atoms with van der Waals surface area (Å²) in [6.07, 6.45) is 1.79. The minimum Gasteiger partial charge on any atom is -0.479 e. The molecule has 0 spiro atoms. The Bertz CT molecular complexity index is 357. The molecule has 1 atom stereocenters. The lowest BCUT2D eigenvalue weighted by atomic mass is 9.83. The van der Waals surface area contributed by atoms with Gasteiger partial charge in [0.25, 0.3) is 0 Å². The molecule has 0 amide bonds. The van der Waals surface area contributed by atoms with Gasteiger partial charge in [0.2, 0.25) is 0 Å². The monoisotopic (exact) mass is 212 g/mol. The quantitative estimate of drug-likeness (QED) is 0.767. The second kappa shape index (κ2) is 4.02. The van der Waals surface area contributed by atoms with E-state index >= 15 is 0 Å². The highest BCUT2D eigenvalue weighted by Crippen LogP contribution is 2.27. The lowest BCUT2D eigenvalue weighted by Gasteiger charge is -2.28. The van der Waals surface area contributed by atoms with Crippen LogP contribution in [-0.2, 0) is 16.8 Å². The molecule has 0 aliphatic carbocycles. The maximum absolute atomic E-state index is 10.8. The number of nitrogens with zero attached hydrogens (tertiary/aromatic N) is 2. The SMILES string of the molecule is CCn1cncc1C(C)(C)C(O)C(=O)O. The van der Waals surface area contributed by atoms with Crippen molar-refractivity contribution in [3.8, 4) is 0 Å². The third kappa shape index (κ3) is 2.02. The summed E-state index contributed by atoms with van der Waals surface area (Å²) in [5.41, 5.74) is -0.127. The van der Waals surface area contributed by atoms with Gasteiger partial charge in [0, 0.05) is 23.9 Å². The average molecular weight is 212 g/mol. The van der Waals surface area contributed by atoms with E-state index in [9.17, 15) is 9.90 Å². The molecule has 0 bridgehead atoms. The molecule has 1 aromatic rings. The van der Waals surface area contributed by atoms with Crippen molar-refractivity contribution >= 4 is 5.97 Å². The van der Waals surface area contributed by atoms with Crippen molar-refractivity contribution < 1.29 is 15.0 Å². The Balaban J connectivity index is 3.10. The maximum atomic E-state index is 10.8. The fraction of sp³-hybridized carbons (Fsp3) is 0.600. The van der Waals surface area contributed by atoms with Crippen molar-refractivity contribution in [1.29, 1.82) is 0 Å². The Morgan fingerprint density at radius 2 is 2.27 bits per heavy atom. The minimum atomic E-state index is -1.43. The molecule has 1 heterocycles. The predicted octanol–water partition coefficient (Wildman–Crippen LogP) is 0.626. The van der Waals surface area contributed by atoms with Gasteiger partial charge < -0.3 is 14.8 Å². The van der Waals surface area contributed by atoms with Crippen LogP contribution in [0.15, 0.2) is 12.5 Å². The van der Waals surface area contributed by atoms with Gasteiger partial charge in [-0.3, -0.25) is 0 Å². The smallest absolute Gasteiger partial charge is 0.333 e. The molecule has 0 aromatic carbocycles. The van der Waals surface area contributed by atoms with Crippen LogP contribution in [0.25, 0.3) is 0 Å². The molecule has 0 aliphatic heterocycles. The number of carboxylic acid groups (broad SMARTS) is 1. The van der Waals surface area contributed by atoms with Crippen LogP contribution in [0.1, 0.15) is 26.5 Å². The van der Waals surface area contributed by atoms with Crippen molar-refractivity contribution in [2.45, 2.75) is 38.8 Å². The molecule has 0 fully saturated rings. The molecule has 1 unspecified atom stereocenters. The van der Waals surface area contributed by atoms with Crippen molar-refractivity contribution in [3.63, 3.8) is 0 Å².